The molecule has 0 unspecified atom stereocenters. The first kappa shape index (κ1) is 12.0. The van der Waals surface area contributed by atoms with Gasteiger partial charge in [0.1, 0.15) is 0 Å². The van der Waals surface area contributed by atoms with Crippen molar-refractivity contribution in [2.75, 3.05) is 0 Å². The molecular weight excluding hydrogens is 186 g/mol. The normalized spacial score (nSPS) is 25.7. The van der Waals surface area contributed by atoms with Crippen molar-refractivity contribution in [2.24, 2.45) is 5.92 Å². The molecule has 1 aliphatic rings. The summed E-state index contributed by atoms with van der Waals surface area (Å²) in [5.74, 6) is 0.625. The van der Waals surface area contributed by atoms with Crippen molar-refractivity contribution in [1.29, 1.82) is 0 Å². The Balaban J connectivity index is 2.32. The highest BCUT2D eigenvalue weighted by molar-refractivity contribution is 5.87. The zero-order valence-corrected chi connectivity index (χ0v) is 9.59. The second-order valence-corrected chi connectivity index (χ2v) is 4.27. The van der Waals surface area contributed by atoms with Crippen molar-refractivity contribution in [3.63, 3.8) is 0 Å². The standard InChI is InChI=1S/C13H21NO/c1-4-10(3)11-6-8-12(9-7-11)14-13(15)5-2/h5,11-12H,2-4,6-9H2,1H3,(H,14,15). The second kappa shape index (κ2) is 5.74. The van der Waals surface area contributed by atoms with Gasteiger partial charge in [-0.25, -0.2) is 0 Å². The van der Waals surface area contributed by atoms with Crippen LogP contribution < -0.4 is 5.32 Å². The van der Waals surface area contributed by atoms with Gasteiger partial charge in [-0.2, -0.15) is 0 Å². The molecule has 0 spiro atoms. The van der Waals surface area contributed by atoms with Gasteiger partial charge in [-0.05, 0) is 44.1 Å². The maximum Gasteiger partial charge on any atom is 0.243 e. The van der Waals surface area contributed by atoms with Crippen LogP contribution in [0.2, 0.25) is 0 Å². The molecule has 1 rings (SSSR count). The van der Waals surface area contributed by atoms with Gasteiger partial charge >= 0.3 is 0 Å². The monoisotopic (exact) mass is 207 g/mol. The lowest BCUT2D eigenvalue weighted by Crippen LogP contribution is -2.36. The first-order valence-corrected chi connectivity index (χ1v) is 5.78. The third kappa shape index (κ3) is 3.54. The average molecular weight is 207 g/mol. The third-order valence-electron chi connectivity index (χ3n) is 3.29. The lowest BCUT2D eigenvalue weighted by molar-refractivity contribution is -0.117. The molecule has 0 saturated heterocycles. The van der Waals surface area contributed by atoms with Crippen molar-refractivity contribution >= 4 is 5.91 Å². The maximum atomic E-state index is 11.1. The van der Waals surface area contributed by atoms with Crippen molar-refractivity contribution in [3.8, 4) is 0 Å². The van der Waals surface area contributed by atoms with Gasteiger partial charge < -0.3 is 5.32 Å². The summed E-state index contributed by atoms with van der Waals surface area (Å²) in [4.78, 5) is 11.1. The minimum absolute atomic E-state index is 0.0484. The van der Waals surface area contributed by atoms with Crippen LogP contribution >= 0.6 is 0 Å². The Kier molecular flexibility index (Phi) is 4.60. The molecular formula is C13H21NO. The lowest BCUT2D eigenvalue weighted by atomic mass is 9.81. The topological polar surface area (TPSA) is 29.1 Å². The Morgan fingerprint density at radius 3 is 2.47 bits per heavy atom. The van der Waals surface area contributed by atoms with Crippen molar-refractivity contribution < 1.29 is 4.79 Å². The smallest absolute Gasteiger partial charge is 0.243 e. The van der Waals surface area contributed by atoms with E-state index in [-0.39, 0.29) is 5.91 Å². The molecule has 1 saturated carbocycles. The summed E-state index contributed by atoms with van der Waals surface area (Å²) in [6, 6.07) is 0.344. The quantitative estimate of drug-likeness (QED) is 0.557. The number of nitrogens with one attached hydrogen (secondary N) is 1. The third-order valence-corrected chi connectivity index (χ3v) is 3.29. The molecule has 0 aromatic heterocycles. The zero-order valence-electron chi connectivity index (χ0n) is 9.59. The van der Waals surface area contributed by atoms with Gasteiger partial charge in [0.2, 0.25) is 5.91 Å². The summed E-state index contributed by atoms with van der Waals surface area (Å²) in [6.45, 7) is 9.71. The Labute approximate surface area is 92.4 Å². The fraction of sp³-hybridized carbons (Fsp3) is 0.615. The van der Waals surface area contributed by atoms with Gasteiger partial charge in [0, 0.05) is 6.04 Å². The number of carbonyl (C=O) groups is 1. The number of hydrogen-bond acceptors (Lipinski definition) is 1. The van der Waals surface area contributed by atoms with E-state index in [2.05, 4.69) is 25.4 Å². The highest BCUT2D eigenvalue weighted by Crippen LogP contribution is 2.30. The van der Waals surface area contributed by atoms with Gasteiger partial charge in [-0.15, -0.1) is 0 Å². The fourth-order valence-electron chi connectivity index (χ4n) is 2.19. The Bertz CT molecular complexity index is 249. The van der Waals surface area contributed by atoms with Crippen LogP contribution in [0.25, 0.3) is 0 Å². The zero-order chi connectivity index (χ0) is 11.3. The van der Waals surface area contributed by atoms with Crippen LogP contribution in [-0.4, -0.2) is 11.9 Å². The predicted octanol–water partition coefficient (Wildman–Crippen LogP) is 2.81. The van der Waals surface area contributed by atoms with Crippen LogP contribution in [0, 0.1) is 5.92 Å². The summed E-state index contributed by atoms with van der Waals surface area (Å²) in [6.07, 6.45) is 6.89. The summed E-state index contributed by atoms with van der Waals surface area (Å²) in [5.41, 5.74) is 1.36. The molecule has 84 valence electrons. The van der Waals surface area contributed by atoms with Gasteiger partial charge in [0.15, 0.2) is 0 Å². The Hall–Kier alpha value is -1.05. The minimum Gasteiger partial charge on any atom is -0.350 e. The Morgan fingerprint density at radius 1 is 1.40 bits per heavy atom. The van der Waals surface area contributed by atoms with Crippen LogP contribution in [0.3, 0.4) is 0 Å². The van der Waals surface area contributed by atoms with Crippen LogP contribution in [0.5, 0.6) is 0 Å². The van der Waals surface area contributed by atoms with E-state index >= 15 is 0 Å². The van der Waals surface area contributed by atoms with E-state index < -0.39 is 0 Å². The van der Waals surface area contributed by atoms with E-state index in [1.54, 1.807) is 0 Å². The highest BCUT2D eigenvalue weighted by Gasteiger charge is 2.22. The van der Waals surface area contributed by atoms with E-state index in [1.165, 1.54) is 11.6 Å². The van der Waals surface area contributed by atoms with Gasteiger partial charge in [-0.1, -0.05) is 25.7 Å². The number of amides is 1. The molecule has 2 heteroatoms. The lowest BCUT2D eigenvalue weighted by Gasteiger charge is -2.29. The van der Waals surface area contributed by atoms with E-state index in [0.717, 1.165) is 32.1 Å². The molecule has 15 heavy (non-hydrogen) atoms. The van der Waals surface area contributed by atoms with E-state index in [9.17, 15) is 4.79 Å². The number of allylic oxidation sites excluding steroid dienone is 1. The highest BCUT2D eigenvalue weighted by atomic mass is 16.1. The fourth-order valence-corrected chi connectivity index (χ4v) is 2.19. The second-order valence-electron chi connectivity index (χ2n) is 4.27. The predicted molar refractivity (Wildman–Crippen MR) is 63.5 cm³/mol. The van der Waals surface area contributed by atoms with Gasteiger partial charge in [0.05, 0.1) is 0 Å². The van der Waals surface area contributed by atoms with E-state index in [4.69, 9.17) is 0 Å². The molecule has 0 aromatic carbocycles. The van der Waals surface area contributed by atoms with Crippen LogP contribution in [0.15, 0.2) is 24.8 Å². The SMILES string of the molecule is C=CC(=O)NC1CCC(C(=C)CC)CC1. The summed E-state index contributed by atoms with van der Waals surface area (Å²) >= 11 is 0. The molecule has 0 radical (unpaired) electrons. The maximum absolute atomic E-state index is 11.1. The number of rotatable bonds is 4. The largest absolute Gasteiger partial charge is 0.350 e. The molecule has 0 atom stereocenters. The number of hydrogen-bond donors (Lipinski definition) is 1. The van der Waals surface area contributed by atoms with Gasteiger partial charge in [0.25, 0.3) is 0 Å². The van der Waals surface area contributed by atoms with Crippen LogP contribution in [0.1, 0.15) is 39.0 Å². The summed E-state index contributed by atoms with van der Waals surface area (Å²) < 4.78 is 0. The summed E-state index contributed by atoms with van der Waals surface area (Å²) in [5, 5.41) is 2.96. The van der Waals surface area contributed by atoms with E-state index in [1.807, 2.05) is 0 Å². The molecule has 0 bridgehead atoms. The molecule has 0 heterocycles. The molecule has 1 N–H and O–H groups in total. The van der Waals surface area contributed by atoms with Crippen molar-refractivity contribution in [3.05, 3.63) is 24.8 Å². The summed E-state index contributed by atoms with van der Waals surface area (Å²) in [7, 11) is 0. The Morgan fingerprint density at radius 2 is 2.00 bits per heavy atom. The van der Waals surface area contributed by atoms with Crippen LogP contribution in [0.4, 0.5) is 0 Å². The average Bonchev–Trinajstić information content (AvgIpc) is 2.29. The van der Waals surface area contributed by atoms with Gasteiger partial charge in [-0.3, -0.25) is 4.79 Å². The van der Waals surface area contributed by atoms with Crippen molar-refractivity contribution in [1.82, 2.24) is 5.32 Å². The molecule has 0 aromatic rings. The molecule has 1 aliphatic carbocycles. The molecule has 2 nitrogen and oxygen atoms in total. The first-order valence-electron chi connectivity index (χ1n) is 5.78. The first-order chi connectivity index (χ1) is 7.17. The number of carbonyl (C=O) groups excluding carboxylic acids is 1. The minimum atomic E-state index is -0.0484. The molecule has 1 fully saturated rings. The van der Waals surface area contributed by atoms with E-state index in [0.29, 0.717) is 12.0 Å². The molecule has 0 aliphatic heterocycles. The van der Waals surface area contributed by atoms with Crippen LogP contribution in [-0.2, 0) is 4.79 Å². The van der Waals surface area contributed by atoms with Crippen molar-refractivity contribution in [2.45, 2.75) is 45.1 Å². The molecule has 1 amide bonds.